The minimum Gasteiger partial charge on any atom is -0.318 e. The van der Waals surface area contributed by atoms with Gasteiger partial charge in [-0.2, -0.15) is 0 Å². The molecule has 190 valence electrons. The molecule has 0 aliphatic carbocycles. The lowest BCUT2D eigenvalue weighted by molar-refractivity contribution is -0.384. The Kier molecular flexibility index (Phi) is 6.88. The van der Waals surface area contributed by atoms with E-state index in [4.69, 9.17) is 12.2 Å². The average Bonchev–Trinajstić information content (AvgIpc) is 3.31. The molecule has 9 heteroatoms. The van der Waals surface area contributed by atoms with Gasteiger partial charge in [0.1, 0.15) is 5.70 Å². The highest BCUT2D eigenvalue weighted by Gasteiger charge is 2.36. The molecule has 1 fully saturated rings. The number of aromatic nitrogens is 1. The molecule has 0 unspecified atom stereocenters. The monoisotopic (exact) mass is 540 g/mol. The smallest absolute Gasteiger partial charge is 0.281 e. The van der Waals surface area contributed by atoms with Crippen LogP contribution in [0.5, 0.6) is 0 Å². The summed E-state index contributed by atoms with van der Waals surface area (Å²) in [4.78, 5) is 29.1. The summed E-state index contributed by atoms with van der Waals surface area (Å²) in [5.41, 5.74) is 5.35. The van der Waals surface area contributed by atoms with Gasteiger partial charge in [0.05, 0.1) is 10.6 Å². The second-order valence-electron chi connectivity index (χ2n) is 8.86. The Morgan fingerprint density at radius 3 is 2.11 bits per heavy atom. The van der Waals surface area contributed by atoms with Gasteiger partial charge in [0.25, 0.3) is 11.6 Å². The number of hydrogen-bond donors (Lipinski definition) is 0. The minimum absolute atomic E-state index is 0.0779. The van der Waals surface area contributed by atoms with E-state index in [-0.39, 0.29) is 11.6 Å². The third-order valence-corrected chi connectivity index (χ3v) is 7.89. The van der Waals surface area contributed by atoms with Crippen LogP contribution in [0.15, 0.2) is 100 Å². The van der Waals surface area contributed by atoms with E-state index in [1.165, 1.54) is 12.1 Å². The van der Waals surface area contributed by atoms with Crippen molar-refractivity contribution in [2.75, 3.05) is 11.9 Å². The summed E-state index contributed by atoms with van der Waals surface area (Å²) in [6.45, 7) is 4.07. The molecule has 7 nitrogen and oxygen atoms in total. The second kappa shape index (κ2) is 10.3. The van der Waals surface area contributed by atoms with Crippen LogP contribution in [-0.2, 0) is 4.79 Å². The molecule has 0 radical (unpaired) electrons. The number of aryl methyl sites for hydroxylation is 1. The number of thiocarbonyl (C=S) groups is 1. The fourth-order valence-electron chi connectivity index (χ4n) is 4.47. The Balaban J connectivity index is 1.39. The van der Waals surface area contributed by atoms with E-state index in [2.05, 4.69) is 10.6 Å². The van der Waals surface area contributed by atoms with Crippen LogP contribution in [0.25, 0.3) is 11.8 Å². The van der Waals surface area contributed by atoms with Gasteiger partial charge in [-0.25, -0.2) is 0 Å². The van der Waals surface area contributed by atoms with Gasteiger partial charge in [-0.1, -0.05) is 30.0 Å². The van der Waals surface area contributed by atoms with E-state index in [9.17, 15) is 14.9 Å². The van der Waals surface area contributed by atoms with Crippen molar-refractivity contribution in [1.29, 1.82) is 0 Å². The van der Waals surface area contributed by atoms with Crippen molar-refractivity contribution in [1.82, 2.24) is 9.47 Å². The van der Waals surface area contributed by atoms with E-state index in [0.29, 0.717) is 10.8 Å². The van der Waals surface area contributed by atoms with E-state index in [0.717, 1.165) is 38.1 Å². The van der Waals surface area contributed by atoms with Crippen molar-refractivity contribution in [2.45, 2.75) is 23.6 Å². The van der Waals surface area contributed by atoms with Crippen LogP contribution in [0.1, 0.15) is 17.0 Å². The Bertz CT molecular complexity index is 1580. The zero-order chi connectivity index (χ0) is 27.0. The number of likely N-dealkylation sites (N-methyl/N-ethyl adjacent to an activating group) is 1. The molecule has 5 rings (SSSR count). The van der Waals surface area contributed by atoms with Crippen LogP contribution in [0.2, 0.25) is 0 Å². The first-order chi connectivity index (χ1) is 18.2. The van der Waals surface area contributed by atoms with Crippen molar-refractivity contribution in [2.24, 2.45) is 0 Å². The van der Waals surface area contributed by atoms with Crippen LogP contribution < -0.4 is 4.90 Å². The summed E-state index contributed by atoms with van der Waals surface area (Å²) < 4.78 is 2.15. The number of benzene rings is 3. The molecule has 0 bridgehead atoms. The average molecular weight is 541 g/mol. The Morgan fingerprint density at radius 2 is 1.50 bits per heavy atom. The number of nitro benzene ring substituents is 1. The topological polar surface area (TPSA) is 71.6 Å². The molecular weight excluding hydrogens is 516 g/mol. The number of anilines is 1. The molecule has 3 aromatic carbocycles. The zero-order valence-electron chi connectivity index (χ0n) is 21.0. The van der Waals surface area contributed by atoms with Crippen molar-refractivity contribution in [3.63, 3.8) is 0 Å². The molecule has 1 aromatic heterocycles. The number of rotatable bonds is 6. The molecule has 38 heavy (non-hydrogen) atoms. The number of non-ortho nitro benzene ring substituents is 1. The lowest BCUT2D eigenvalue weighted by Gasteiger charge is -2.16. The highest BCUT2D eigenvalue weighted by Crippen LogP contribution is 2.32. The fraction of sp³-hybridized carbons (Fsp3) is 0.103. The highest BCUT2D eigenvalue weighted by molar-refractivity contribution is 7.99. The van der Waals surface area contributed by atoms with Crippen molar-refractivity contribution in [3.8, 4) is 5.69 Å². The number of amides is 1. The standard InChI is InChI=1S/C29H24N4O3S2/c1-19-17-21(18-27-28(34)32(29(37)30(27)3)22-7-5-4-6-8-22)20(2)31(19)23-9-13-25(14-10-23)38-26-15-11-24(12-16-26)33(35)36/h4-18H,1-3H3/b27-18-. The summed E-state index contributed by atoms with van der Waals surface area (Å²) in [7, 11) is 1.82. The number of hydrogen-bond acceptors (Lipinski definition) is 5. The molecule has 4 aromatic rings. The van der Waals surface area contributed by atoms with Crippen LogP contribution in [0, 0.1) is 24.0 Å². The fourth-order valence-corrected chi connectivity index (χ4v) is 5.58. The highest BCUT2D eigenvalue weighted by atomic mass is 32.2. The Labute approximate surface area is 230 Å². The number of carbonyl (C=O) groups is 1. The molecule has 1 aliphatic heterocycles. The molecule has 1 saturated heterocycles. The van der Waals surface area contributed by atoms with Crippen LogP contribution >= 0.6 is 24.0 Å². The van der Waals surface area contributed by atoms with Crippen LogP contribution in [0.3, 0.4) is 0 Å². The van der Waals surface area contributed by atoms with Gasteiger partial charge < -0.3 is 9.47 Å². The predicted octanol–water partition coefficient (Wildman–Crippen LogP) is 6.76. The Hall–Kier alpha value is -4.21. The third-order valence-electron chi connectivity index (χ3n) is 6.42. The number of nitrogens with zero attached hydrogens (tertiary/aromatic N) is 4. The van der Waals surface area contributed by atoms with Crippen molar-refractivity contribution >= 4 is 52.5 Å². The van der Waals surface area contributed by atoms with Gasteiger partial charge >= 0.3 is 0 Å². The summed E-state index contributed by atoms with van der Waals surface area (Å²) in [6.07, 6.45) is 1.90. The number of para-hydroxylation sites is 1. The van der Waals surface area contributed by atoms with E-state index in [1.807, 2.05) is 81.6 Å². The lowest BCUT2D eigenvalue weighted by Crippen LogP contribution is -2.30. The molecular formula is C29H24N4O3S2. The SMILES string of the molecule is Cc1cc(/C=C2/C(=O)N(c3ccccc3)C(=S)N2C)c(C)n1-c1ccc(Sc2ccc([N+](=O)[O-])cc2)cc1. The van der Waals surface area contributed by atoms with Gasteiger partial charge in [0.2, 0.25) is 0 Å². The normalized spacial score (nSPS) is 14.6. The first kappa shape index (κ1) is 25.4. The molecule has 2 heterocycles. The summed E-state index contributed by atoms with van der Waals surface area (Å²) >= 11 is 7.13. The first-order valence-corrected chi connectivity index (χ1v) is 13.1. The van der Waals surface area contributed by atoms with Crippen molar-refractivity contribution < 1.29 is 9.72 Å². The van der Waals surface area contributed by atoms with Gasteiger partial charge in [0.15, 0.2) is 5.11 Å². The molecule has 1 aliphatic rings. The molecule has 0 spiro atoms. The predicted molar refractivity (Wildman–Crippen MR) is 155 cm³/mol. The summed E-state index contributed by atoms with van der Waals surface area (Å²) in [6, 6.07) is 26.2. The summed E-state index contributed by atoms with van der Waals surface area (Å²) in [5.74, 6) is -0.152. The molecule has 0 atom stereocenters. The minimum atomic E-state index is -0.399. The summed E-state index contributed by atoms with van der Waals surface area (Å²) in [5, 5.41) is 11.3. The lowest BCUT2D eigenvalue weighted by atomic mass is 10.2. The maximum Gasteiger partial charge on any atom is 0.281 e. The Morgan fingerprint density at radius 1 is 0.895 bits per heavy atom. The second-order valence-corrected chi connectivity index (χ2v) is 10.4. The maximum absolute atomic E-state index is 13.3. The first-order valence-electron chi connectivity index (χ1n) is 11.8. The van der Waals surface area contributed by atoms with Gasteiger partial charge in [-0.15, -0.1) is 0 Å². The largest absolute Gasteiger partial charge is 0.318 e. The van der Waals surface area contributed by atoms with Crippen LogP contribution in [0.4, 0.5) is 11.4 Å². The zero-order valence-corrected chi connectivity index (χ0v) is 22.6. The molecule has 0 N–H and O–H groups in total. The maximum atomic E-state index is 13.3. The van der Waals surface area contributed by atoms with Gasteiger partial charge in [0, 0.05) is 46.0 Å². The van der Waals surface area contributed by atoms with Crippen LogP contribution in [-0.4, -0.2) is 32.5 Å². The van der Waals surface area contributed by atoms with E-state index in [1.54, 1.807) is 33.7 Å². The van der Waals surface area contributed by atoms with E-state index < -0.39 is 4.92 Å². The van der Waals surface area contributed by atoms with E-state index >= 15 is 0 Å². The van der Waals surface area contributed by atoms with Crippen molar-refractivity contribution in [3.05, 3.63) is 118 Å². The van der Waals surface area contributed by atoms with Gasteiger partial charge in [-0.3, -0.25) is 19.8 Å². The quantitative estimate of drug-likeness (QED) is 0.116. The molecule has 0 saturated carbocycles. The van der Waals surface area contributed by atoms with Gasteiger partial charge in [-0.05, 0) is 92.3 Å². The number of carbonyl (C=O) groups excluding carboxylic acids is 1. The molecule has 1 amide bonds. The third kappa shape index (κ3) is 4.73. The number of nitro groups is 1.